The molecule has 9 heteroatoms. The number of hydrogen-bond acceptors (Lipinski definition) is 4. The van der Waals surface area contributed by atoms with Gasteiger partial charge in [0.1, 0.15) is 0 Å². The maximum atomic E-state index is 3.42. The van der Waals surface area contributed by atoms with Crippen molar-refractivity contribution < 1.29 is 0 Å². The van der Waals surface area contributed by atoms with Crippen molar-refractivity contribution in [1.82, 2.24) is 30.8 Å². The molecule has 2 N–H and O–H groups in total. The molecule has 0 bridgehead atoms. The first kappa shape index (κ1) is 18.1. The Labute approximate surface area is 95.6 Å². The van der Waals surface area contributed by atoms with E-state index < -0.39 is 0 Å². The molecule has 0 atom stereocenters. The van der Waals surface area contributed by atoms with Gasteiger partial charge in [0.2, 0.25) is 0 Å². The van der Waals surface area contributed by atoms with Gasteiger partial charge in [-0.15, -0.1) is 10.2 Å². The quantitative estimate of drug-likeness (QED) is 0.421. The fourth-order valence-corrected chi connectivity index (χ4v) is 0.333. The summed E-state index contributed by atoms with van der Waals surface area (Å²) in [6.07, 6.45) is 6.47. The van der Waals surface area contributed by atoms with Crippen molar-refractivity contribution in [2.24, 2.45) is 0 Å². The van der Waals surface area contributed by atoms with E-state index in [1.807, 2.05) is 0 Å². The smallest absolute Gasteiger partial charge is 0.266 e. The van der Waals surface area contributed by atoms with E-state index in [1.165, 1.54) is 0 Å². The summed E-state index contributed by atoms with van der Waals surface area (Å²) in [6.45, 7) is 0. The zero-order chi connectivity index (χ0) is 7.07. The van der Waals surface area contributed by atoms with Crippen LogP contribution in [-0.4, -0.2) is 70.7 Å². The Morgan fingerprint density at radius 2 is 1.15 bits per heavy atom. The van der Waals surface area contributed by atoms with Crippen LogP contribution in [-0.2, 0) is 0 Å². The molecule has 2 heterocycles. The minimum atomic E-state index is 0. The molecule has 0 saturated carbocycles. The third-order valence-corrected chi connectivity index (χ3v) is 0.662. The number of hydrogen-bond donors (Lipinski definition) is 2. The first-order chi connectivity index (χ1) is 5.00. The van der Waals surface area contributed by atoms with Crippen LogP contribution in [0.1, 0.15) is 0 Å². The monoisotopic (exact) mass is 192 g/mol. The number of aromatic amines is 2. The fourth-order valence-electron chi connectivity index (χ4n) is 0.333. The zero-order valence-corrected chi connectivity index (χ0v) is 7.22. The normalized spacial score (nSPS) is 6.15. The second-order valence-electron chi connectivity index (χ2n) is 1.32. The van der Waals surface area contributed by atoms with Crippen LogP contribution in [0.2, 0.25) is 0 Å². The fraction of sp³-hybridized carbons (Fsp3) is 0. The van der Waals surface area contributed by atoms with Crippen LogP contribution in [0.3, 0.4) is 0 Å². The van der Waals surface area contributed by atoms with Gasteiger partial charge < -0.3 is 0 Å². The molecule has 0 aromatic carbocycles. The van der Waals surface area contributed by atoms with Gasteiger partial charge in [-0.1, -0.05) is 27.3 Å². The Kier molecular flexibility index (Phi) is 19.1. The Morgan fingerprint density at radius 1 is 0.769 bits per heavy atom. The molecular formula is C4H14B2MgN6. The summed E-state index contributed by atoms with van der Waals surface area (Å²) in [5.41, 5.74) is 0. The molecule has 2 aromatic rings. The number of rotatable bonds is 0. The summed E-state index contributed by atoms with van der Waals surface area (Å²) in [5.74, 6) is 0. The van der Waals surface area contributed by atoms with E-state index in [4.69, 9.17) is 0 Å². The average Bonchev–Trinajstić information content (AvgIpc) is 2.67. The molecule has 0 radical (unpaired) electrons. The summed E-state index contributed by atoms with van der Waals surface area (Å²) >= 11 is 0. The maximum Gasteiger partial charge on any atom is 2.00 e. The van der Waals surface area contributed by atoms with Gasteiger partial charge >= 0.3 is 23.1 Å². The van der Waals surface area contributed by atoms with Gasteiger partial charge in [0.15, 0.2) is 0 Å². The molecule has 6 nitrogen and oxygen atoms in total. The van der Waals surface area contributed by atoms with Crippen LogP contribution >= 0.6 is 0 Å². The number of nitrogens with zero attached hydrogens (tertiary/aromatic N) is 4. The largest absolute Gasteiger partial charge is 2.00 e. The molecule has 0 aliphatic heterocycles. The first-order valence-corrected chi connectivity index (χ1v) is 2.61. The molecule has 68 valence electrons. The standard InChI is InChI=1S/2C2H3N3.2BH4.Mg/c2*1-2-4-5-3-1;;;/h2*1-2H,(H,3,4,5);2*1H4;/q;;2*-1;+2. The molecular weight excluding hydrogens is 178 g/mol. The van der Waals surface area contributed by atoms with Crippen LogP contribution in [0.25, 0.3) is 0 Å². The summed E-state index contributed by atoms with van der Waals surface area (Å²) < 4.78 is 0. The van der Waals surface area contributed by atoms with Gasteiger partial charge in [0.05, 0.1) is 12.4 Å². The van der Waals surface area contributed by atoms with E-state index >= 15 is 0 Å². The van der Waals surface area contributed by atoms with Crippen molar-refractivity contribution in [1.29, 1.82) is 0 Å². The summed E-state index contributed by atoms with van der Waals surface area (Å²) in [4.78, 5) is 0. The molecule has 0 saturated heterocycles. The Bertz CT molecular complexity index is 162. The average molecular weight is 192 g/mol. The molecule has 0 spiro atoms. The summed E-state index contributed by atoms with van der Waals surface area (Å²) in [5, 5.41) is 18.5. The molecule has 13 heavy (non-hydrogen) atoms. The number of H-pyrrole nitrogens is 2. The van der Waals surface area contributed by atoms with Gasteiger partial charge in [-0.05, 0) is 0 Å². The Morgan fingerprint density at radius 3 is 1.23 bits per heavy atom. The van der Waals surface area contributed by atoms with Crippen molar-refractivity contribution in [3.63, 3.8) is 0 Å². The van der Waals surface area contributed by atoms with Crippen molar-refractivity contribution >= 4 is 39.9 Å². The molecule has 0 fully saturated rings. The predicted octanol–water partition coefficient (Wildman–Crippen LogP) is -3.67. The van der Waals surface area contributed by atoms with E-state index in [-0.39, 0.29) is 39.9 Å². The predicted molar refractivity (Wildman–Crippen MR) is 61.2 cm³/mol. The molecule has 0 aliphatic rings. The maximum absolute atomic E-state index is 3.42. The van der Waals surface area contributed by atoms with Gasteiger partial charge in [-0.3, -0.25) is 10.2 Å². The second kappa shape index (κ2) is 13.7. The minimum absolute atomic E-state index is 0. The van der Waals surface area contributed by atoms with E-state index in [1.54, 1.807) is 24.8 Å². The van der Waals surface area contributed by atoms with Crippen molar-refractivity contribution in [2.45, 2.75) is 0 Å². The third-order valence-electron chi connectivity index (χ3n) is 0.662. The summed E-state index contributed by atoms with van der Waals surface area (Å²) in [7, 11) is 0. The van der Waals surface area contributed by atoms with Gasteiger partial charge in [-0.2, -0.15) is 0 Å². The Hall–Kier alpha value is -0.824. The van der Waals surface area contributed by atoms with E-state index in [9.17, 15) is 0 Å². The molecule has 2 rings (SSSR count). The van der Waals surface area contributed by atoms with Crippen LogP contribution in [0.5, 0.6) is 0 Å². The van der Waals surface area contributed by atoms with Crippen molar-refractivity contribution in [2.75, 3.05) is 0 Å². The first-order valence-electron chi connectivity index (χ1n) is 2.61. The zero-order valence-electron chi connectivity index (χ0n) is 5.81. The minimum Gasteiger partial charge on any atom is -0.266 e. The van der Waals surface area contributed by atoms with Crippen LogP contribution < -0.4 is 0 Å². The van der Waals surface area contributed by atoms with E-state index in [0.717, 1.165) is 0 Å². The molecule has 2 aromatic heterocycles. The summed E-state index contributed by atoms with van der Waals surface area (Å²) in [6, 6.07) is 0. The third kappa shape index (κ3) is 11.2. The van der Waals surface area contributed by atoms with Crippen LogP contribution in [0, 0.1) is 0 Å². The van der Waals surface area contributed by atoms with E-state index in [2.05, 4.69) is 30.8 Å². The van der Waals surface area contributed by atoms with E-state index in [0.29, 0.717) is 0 Å². The van der Waals surface area contributed by atoms with Gasteiger partial charge in [0.25, 0.3) is 0 Å². The van der Waals surface area contributed by atoms with Crippen molar-refractivity contribution in [3.05, 3.63) is 24.8 Å². The van der Waals surface area contributed by atoms with Gasteiger partial charge in [-0.25, -0.2) is 0 Å². The topological polar surface area (TPSA) is 83.1 Å². The number of aromatic nitrogens is 6. The Balaban J connectivity index is -0.000000125. The second-order valence-corrected chi connectivity index (χ2v) is 1.32. The molecule has 0 unspecified atom stereocenters. The van der Waals surface area contributed by atoms with Crippen LogP contribution in [0.4, 0.5) is 0 Å². The molecule has 0 amide bonds. The van der Waals surface area contributed by atoms with Crippen LogP contribution in [0.15, 0.2) is 24.8 Å². The SMILES string of the molecule is [BH4-].[BH4-].[Mg+2].c1c[nH]nn1.c1c[nH]nn1. The van der Waals surface area contributed by atoms with Gasteiger partial charge in [0, 0.05) is 12.4 Å². The molecule has 0 aliphatic carbocycles. The van der Waals surface area contributed by atoms with Crippen molar-refractivity contribution in [3.8, 4) is 0 Å². The number of nitrogens with one attached hydrogen (secondary N) is 2.